The topological polar surface area (TPSA) is 103 Å². The van der Waals surface area contributed by atoms with Gasteiger partial charge in [0.15, 0.2) is 5.76 Å². The van der Waals surface area contributed by atoms with Crippen molar-refractivity contribution in [3.05, 3.63) is 78.7 Å². The second-order valence-electron chi connectivity index (χ2n) is 7.04. The van der Waals surface area contributed by atoms with Gasteiger partial charge in [-0.2, -0.15) is 0 Å². The van der Waals surface area contributed by atoms with Gasteiger partial charge in [-0.05, 0) is 12.5 Å². The van der Waals surface area contributed by atoms with E-state index in [0.717, 1.165) is 29.4 Å². The molecular formula is C21H20N6O2. The van der Waals surface area contributed by atoms with Crippen LogP contribution in [0.5, 0.6) is 0 Å². The van der Waals surface area contributed by atoms with Crippen molar-refractivity contribution in [3.8, 4) is 0 Å². The monoisotopic (exact) mass is 388 g/mol. The van der Waals surface area contributed by atoms with Crippen LogP contribution in [-0.4, -0.2) is 47.0 Å². The maximum absolute atomic E-state index is 13.0. The third kappa shape index (κ3) is 2.89. The third-order valence-electron chi connectivity index (χ3n) is 5.34. The number of benzene rings is 1. The van der Waals surface area contributed by atoms with Crippen LogP contribution in [0, 0.1) is 0 Å². The Bertz CT molecular complexity index is 1170. The number of aliphatic hydroxyl groups excluding tert-OH is 1. The first-order valence-corrected chi connectivity index (χ1v) is 9.49. The van der Waals surface area contributed by atoms with Crippen LogP contribution in [-0.2, 0) is 11.3 Å². The Morgan fingerprint density at radius 2 is 2.03 bits per heavy atom. The Balaban J connectivity index is 1.52. The molecule has 8 heteroatoms. The van der Waals surface area contributed by atoms with Gasteiger partial charge in [0, 0.05) is 66.1 Å². The zero-order valence-electron chi connectivity index (χ0n) is 15.6. The number of aryl methyl sites for hydroxylation is 1. The lowest BCUT2D eigenvalue weighted by Gasteiger charge is -2.25. The Kier molecular flexibility index (Phi) is 4.16. The number of fused-ring (bicyclic) bond motifs is 1. The minimum absolute atomic E-state index is 0.223. The number of amides is 1. The SMILES string of the molecule is O=C1C(O)=C(c2c[nH]c3ccccc23)C(c2ncc[nH]2)N1CCCn1ccnc1. The Labute approximate surface area is 166 Å². The molecule has 1 unspecified atom stereocenters. The molecule has 0 fully saturated rings. The van der Waals surface area contributed by atoms with Crippen molar-refractivity contribution in [2.24, 2.45) is 0 Å². The van der Waals surface area contributed by atoms with Crippen LogP contribution in [0.25, 0.3) is 16.5 Å². The van der Waals surface area contributed by atoms with E-state index in [0.29, 0.717) is 17.9 Å². The van der Waals surface area contributed by atoms with Gasteiger partial charge in [0.2, 0.25) is 0 Å². The lowest BCUT2D eigenvalue weighted by atomic mass is 9.98. The number of nitrogens with zero attached hydrogens (tertiary/aromatic N) is 4. The first kappa shape index (κ1) is 17.3. The highest BCUT2D eigenvalue weighted by Gasteiger charge is 2.42. The van der Waals surface area contributed by atoms with E-state index < -0.39 is 6.04 Å². The van der Waals surface area contributed by atoms with Crippen LogP contribution < -0.4 is 0 Å². The molecule has 0 radical (unpaired) electrons. The fourth-order valence-corrected chi connectivity index (χ4v) is 4.01. The van der Waals surface area contributed by atoms with Crippen molar-refractivity contribution in [3.63, 3.8) is 0 Å². The fourth-order valence-electron chi connectivity index (χ4n) is 4.01. The van der Waals surface area contributed by atoms with Crippen molar-refractivity contribution in [1.29, 1.82) is 0 Å². The van der Waals surface area contributed by atoms with E-state index in [2.05, 4.69) is 19.9 Å². The summed E-state index contributed by atoms with van der Waals surface area (Å²) in [5.41, 5.74) is 2.34. The van der Waals surface area contributed by atoms with Gasteiger partial charge in [-0.15, -0.1) is 0 Å². The van der Waals surface area contributed by atoms with Gasteiger partial charge in [-0.25, -0.2) is 9.97 Å². The molecule has 29 heavy (non-hydrogen) atoms. The molecule has 1 aliphatic heterocycles. The number of aliphatic hydroxyl groups is 1. The van der Waals surface area contributed by atoms with E-state index in [9.17, 15) is 9.90 Å². The number of nitrogens with one attached hydrogen (secondary N) is 2. The minimum Gasteiger partial charge on any atom is -0.503 e. The van der Waals surface area contributed by atoms with E-state index in [-0.39, 0.29) is 11.7 Å². The molecule has 0 saturated carbocycles. The number of aromatic nitrogens is 5. The molecule has 0 spiro atoms. The van der Waals surface area contributed by atoms with Crippen LogP contribution >= 0.6 is 0 Å². The molecule has 146 valence electrons. The normalized spacial score (nSPS) is 17.0. The van der Waals surface area contributed by atoms with Crippen LogP contribution in [0.2, 0.25) is 0 Å². The number of carbonyl (C=O) groups excluding carboxylic acids is 1. The van der Waals surface area contributed by atoms with Gasteiger partial charge in [0.1, 0.15) is 11.9 Å². The van der Waals surface area contributed by atoms with Crippen LogP contribution in [0.15, 0.2) is 67.3 Å². The predicted octanol–water partition coefficient (Wildman–Crippen LogP) is 3.03. The highest BCUT2D eigenvalue weighted by Crippen LogP contribution is 2.43. The predicted molar refractivity (Wildman–Crippen MR) is 108 cm³/mol. The highest BCUT2D eigenvalue weighted by atomic mass is 16.3. The van der Waals surface area contributed by atoms with Gasteiger partial charge >= 0.3 is 0 Å². The molecule has 1 aromatic carbocycles. The number of para-hydroxylation sites is 1. The summed E-state index contributed by atoms with van der Waals surface area (Å²) in [6, 6.07) is 7.37. The molecule has 0 saturated heterocycles. The minimum atomic E-state index is -0.473. The third-order valence-corrected chi connectivity index (χ3v) is 5.34. The van der Waals surface area contributed by atoms with Gasteiger partial charge in [0.05, 0.1) is 6.33 Å². The van der Waals surface area contributed by atoms with Crippen molar-refractivity contribution >= 4 is 22.4 Å². The maximum Gasteiger partial charge on any atom is 0.289 e. The fraction of sp³-hybridized carbons (Fsp3) is 0.190. The zero-order chi connectivity index (χ0) is 19.8. The van der Waals surface area contributed by atoms with Gasteiger partial charge in [0.25, 0.3) is 5.91 Å². The number of imidazole rings is 2. The number of H-pyrrole nitrogens is 2. The van der Waals surface area contributed by atoms with Crippen molar-refractivity contribution < 1.29 is 9.90 Å². The van der Waals surface area contributed by atoms with Crippen LogP contribution in [0.4, 0.5) is 0 Å². The second-order valence-corrected chi connectivity index (χ2v) is 7.04. The first-order valence-electron chi connectivity index (χ1n) is 9.49. The molecule has 4 aromatic rings. The lowest BCUT2D eigenvalue weighted by Crippen LogP contribution is -2.32. The summed E-state index contributed by atoms with van der Waals surface area (Å²) in [4.78, 5) is 29.5. The van der Waals surface area contributed by atoms with E-state index in [1.54, 1.807) is 29.8 Å². The summed E-state index contributed by atoms with van der Waals surface area (Å²) in [5, 5.41) is 11.8. The average Bonchev–Trinajstić information content (AvgIpc) is 3.52. The molecule has 3 N–H and O–H groups in total. The number of rotatable bonds is 6. The molecule has 1 aliphatic rings. The Morgan fingerprint density at radius 3 is 2.83 bits per heavy atom. The Hall–Kier alpha value is -3.81. The summed E-state index contributed by atoms with van der Waals surface area (Å²) >= 11 is 0. The number of hydrogen-bond acceptors (Lipinski definition) is 4. The molecule has 0 bridgehead atoms. The second kappa shape index (κ2) is 6.97. The zero-order valence-corrected chi connectivity index (χ0v) is 15.6. The van der Waals surface area contributed by atoms with Gasteiger partial charge in [-0.1, -0.05) is 18.2 Å². The van der Waals surface area contributed by atoms with E-state index in [1.807, 2.05) is 41.2 Å². The molecule has 0 aliphatic carbocycles. The molecule has 8 nitrogen and oxygen atoms in total. The number of hydrogen-bond donors (Lipinski definition) is 3. The number of aromatic amines is 2. The van der Waals surface area contributed by atoms with E-state index in [4.69, 9.17) is 0 Å². The summed E-state index contributed by atoms with van der Waals surface area (Å²) in [5.74, 6) is 0.0291. The van der Waals surface area contributed by atoms with Gasteiger partial charge in [-0.3, -0.25) is 4.79 Å². The lowest BCUT2D eigenvalue weighted by molar-refractivity contribution is -0.129. The average molecular weight is 388 g/mol. The largest absolute Gasteiger partial charge is 0.503 e. The van der Waals surface area contributed by atoms with Crippen molar-refractivity contribution in [2.45, 2.75) is 19.0 Å². The summed E-state index contributed by atoms with van der Waals surface area (Å²) in [6.07, 6.45) is 11.3. The summed E-state index contributed by atoms with van der Waals surface area (Å²) in [6.45, 7) is 1.22. The summed E-state index contributed by atoms with van der Waals surface area (Å²) in [7, 11) is 0. The first-order chi connectivity index (χ1) is 14.2. The Morgan fingerprint density at radius 1 is 1.14 bits per heavy atom. The maximum atomic E-state index is 13.0. The molecule has 3 aromatic heterocycles. The molecular weight excluding hydrogens is 368 g/mol. The smallest absolute Gasteiger partial charge is 0.289 e. The van der Waals surface area contributed by atoms with E-state index in [1.165, 1.54) is 0 Å². The van der Waals surface area contributed by atoms with Crippen LogP contribution in [0.1, 0.15) is 23.9 Å². The molecule has 1 amide bonds. The highest BCUT2D eigenvalue weighted by molar-refractivity contribution is 6.08. The molecule has 1 atom stereocenters. The van der Waals surface area contributed by atoms with Crippen LogP contribution in [0.3, 0.4) is 0 Å². The van der Waals surface area contributed by atoms with Crippen molar-refractivity contribution in [1.82, 2.24) is 29.4 Å². The summed E-state index contributed by atoms with van der Waals surface area (Å²) < 4.78 is 1.97. The quantitative estimate of drug-likeness (QED) is 0.472. The van der Waals surface area contributed by atoms with Crippen molar-refractivity contribution in [2.75, 3.05) is 6.54 Å². The van der Waals surface area contributed by atoms with E-state index >= 15 is 0 Å². The molecule has 4 heterocycles. The molecule has 5 rings (SSSR count). The standard InChI is InChI=1S/C21H20N6O2/c28-19-17(15-12-25-16-5-2-1-4-14(15)16)18(20-23-6-7-24-20)27(21(19)29)10-3-9-26-11-8-22-13-26/h1-2,4-8,11-13,18,25,28H,3,9-10H2,(H,23,24). The number of carbonyl (C=O) groups is 1. The van der Waals surface area contributed by atoms with Gasteiger partial charge < -0.3 is 24.5 Å².